The minimum Gasteiger partial charge on any atom is -0.497 e. The van der Waals surface area contributed by atoms with E-state index in [1.807, 2.05) is 24.3 Å². The van der Waals surface area contributed by atoms with Crippen LogP contribution in [0.25, 0.3) is 0 Å². The van der Waals surface area contributed by atoms with Gasteiger partial charge < -0.3 is 4.74 Å². The largest absolute Gasteiger partial charge is 0.497 e. The zero-order chi connectivity index (χ0) is 17.8. The summed E-state index contributed by atoms with van der Waals surface area (Å²) in [5.41, 5.74) is 0.980. The molecule has 4 nitrogen and oxygen atoms in total. The van der Waals surface area contributed by atoms with Gasteiger partial charge in [0, 0.05) is 13.1 Å². The Kier molecular flexibility index (Phi) is 6.14. The molecule has 0 spiro atoms. The molecule has 24 heavy (non-hydrogen) atoms. The smallest absolute Gasteiger partial charge is 0.390 e. The van der Waals surface area contributed by atoms with Gasteiger partial charge in [0.2, 0.25) is 10.0 Å². The normalized spacial score (nSPS) is 20.6. The van der Waals surface area contributed by atoms with Crippen LogP contribution in [0.5, 0.6) is 5.75 Å². The zero-order valence-corrected chi connectivity index (χ0v) is 14.4. The third kappa shape index (κ3) is 5.37. The second-order valence-electron chi connectivity index (χ2n) is 6.01. The minimum atomic E-state index is -4.46. The quantitative estimate of drug-likeness (QED) is 0.802. The van der Waals surface area contributed by atoms with Gasteiger partial charge in [-0.1, -0.05) is 18.6 Å². The van der Waals surface area contributed by atoms with Gasteiger partial charge >= 0.3 is 6.18 Å². The Balaban J connectivity index is 2.10. The molecular weight excluding hydrogens is 343 g/mol. The van der Waals surface area contributed by atoms with Crippen LogP contribution >= 0.6 is 0 Å². The maximum Gasteiger partial charge on any atom is 0.390 e. The fraction of sp³-hybridized carbons (Fsp3) is 0.625. The first-order valence-corrected chi connectivity index (χ1v) is 9.51. The molecule has 1 saturated heterocycles. The molecule has 0 N–H and O–H groups in total. The highest BCUT2D eigenvalue weighted by Crippen LogP contribution is 2.30. The SMILES string of the molecule is COc1ccc([C@H]2CCCCN(S(=O)(=O)CCC(F)(F)F)C2)cc1. The summed E-state index contributed by atoms with van der Waals surface area (Å²) in [4.78, 5) is 0. The number of hydrogen-bond acceptors (Lipinski definition) is 3. The highest BCUT2D eigenvalue weighted by atomic mass is 32.2. The molecule has 0 unspecified atom stereocenters. The van der Waals surface area contributed by atoms with Gasteiger partial charge in [-0.25, -0.2) is 12.7 Å². The maximum absolute atomic E-state index is 12.4. The van der Waals surface area contributed by atoms with E-state index in [9.17, 15) is 21.6 Å². The van der Waals surface area contributed by atoms with Gasteiger partial charge in [-0.15, -0.1) is 0 Å². The number of nitrogens with zero attached hydrogens (tertiary/aromatic N) is 1. The molecule has 0 amide bonds. The Hall–Kier alpha value is -1.28. The second kappa shape index (κ2) is 7.74. The van der Waals surface area contributed by atoms with E-state index in [0.29, 0.717) is 12.2 Å². The number of alkyl halides is 3. The molecule has 1 atom stereocenters. The first-order chi connectivity index (χ1) is 11.2. The Morgan fingerprint density at radius 1 is 1.21 bits per heavy atom. The van der Waals surface area contributed by atoms with Crippen molar-refractivity contribution in [2.24, 2.45) is 0 Å². The van der Waals surface area contributed by atoms with Crippen molar-refractivity contribution < 1.29 is 26.3 Å². The van der Waals surface area contributed by atoms with Crippen molar-refractivity contribution in [1.82, 2.24) is 4.31 Å². The number of hydrogen-bond donors (Lipinski definition) is 0. The van der Waals surface area contributed by atoms with E-state index in [2.05, 4.69) is 0 Å². The number of methoxy groups -OCH3 is 1. The van der Waals surface area contributed by atoms with Crippen molar-refractivity contribution in [3.05, 3.63) is 29.8 Å². The lowest BCUT2D eigenvalue weighted by Gasteiger charge is -2.24. The molecule has 1 aliphatic heterocycles. The lowest BCUT2D eigenvalue weighted by Crippen LogP contribution is -2.36. The van der Waals surface area contributed by atoms with Crippen LogP contribution < -0.4 is 4.74 Å². The van der Waals surface area contributed by atoms with Gasteiger partial charge in [-0.3, -0.25) is 0 Å². The van der Waals surface area contributed by atoms with Gasteiger partial charge in [0.25, 0.3) is 0 Å². The summed E-state index contributed by atoms with van der Waals surface area (Å²) in [5, 5.41) is 0. The predicted molar refractivity (Wildman–Crippen MR) is 85.6 cm³/mol. The standard InChI is InChI=1S/C16H22F3NO3S/c1-23-15-7-5-13(6-8-15)14-4-2-3-10-20(12-14)24(21,22)11-9-16(17,18)19/h5-8,14H,2-4,9-12H2,1H3/t14-/m0/s1. The Bertz CT molecular complexity index is 629. The summed E-state index contributed by atoms with van der Waals surface area (Å²) in [7, 11) is -2.34. The van der Waals surface area contributed by atoms with Gasteiger partial charge in [0.15, 0.2) is 0 Å². The molecule has 2 rings (SSSR count). The third-order valence-electron chi connectivity index (χ3n) is 4.26. The number of sulfonamides is 1. The van der Waals surface area contributed by atoms with Crippen LogP contribution in [0.15, 0.2) is 24.3 Å². The van der Waals surface area contributed by atoms with Gasteiger partial charge in [-0.05, 0) is 36.5 Å². The second-order valence-corrected chi connectivity index (χ2v) is 8.09. The molecule has 0 radical (unpaired) electrons. The van der Waals surface area contributed by atoms with Crippen LogP contribution in [0.3, 0.4) is 0 Å². The van der Waals surface area contributed by atoms with Crippen LogP contribution in [-0.4, -0.2) is 44.9 Å². The molecule has 1 heterocycles. The predicted octanol–water partition coefficient (Wildman–Crippen LogP) is 3.55. The summed E-state index contributed by atoms with van der Waals surface area (Å²) in [6.07, 6.45) is -3.44. The van der Waals surface area contributed by atoms with Crippen molar-refractivity contribution in [3.8, 4) is 5.75 Å². The van der Waals surface area contributed by atoms with E-state index < -0.39 is 28.4 Å². The molecular formula is C16H22F3NO3S. The minimum absolute atomic E-state index is 0.0148. The summed E-state index contributed by atoms with van der Waals surface area (Å²) >= 11 is 0. The molecule has 1 fully saturated rings. The molecule has 0 aromatic heterocycles. The molecule has 8 heteroatoms. The highest BCUT2D eigenvalue weighted by Gasteiger charge is 2.34. The van der Waals surface area contributed by atoms with Crippen molar-refractivity contribution >= 4 is 10.0 Å². The number of ether oxygens (including phenoxy) is 1. The monoisotopic (exact) mass is 365 g/mol. The van der Waals surface area contributed by atoms with Crippen molar-refractivity contribution in [2.45, 2.75) is 37.8 Å². The number of halogens is 3. The first kappa shape index (κ1) is 19.1. The molecule has 1 aromatic rings. The average Bonchev–Trinajstić information content (AvgIpc) is 2.79. The maximum atomic E-state index is 12.4. The zero-order valence-electron chi connectivity index (χ0n) is 13.6. The summed E-state index contributed by atoms with van der Waals surface area (Å²) in [6, 6.07) is 7.39. The van der Waals surface area contributed by atoms with Gasteiger partial charge in [0.05, 0.1) is 19.3 Å². The summed E-state index contributed by atoms with van der Waals surface area (Å²) in [6.45, 7) is 0.513. The van der Waals surface area contributed by atoms with Gasteiger partial charge in [-0.2, -0.15) is 13.2 Å². The third-order valence-corrected chi connectivity index (χ3v) is 6.10. The van der Waals surface area contributed by atoms with E-state index in [0.717, 1.165) is 18.4 Å². The van der Waals surface area contributed by atoms with E-state index in [4.69, 9.17) is 4.74 Å². The van der Waals surface area contributed by atoms with Crippen molar-refractivity contribution in [1.29, 1.82) is 0 Å². The Morgan fingerprint density at radius 3 is 2.46 bits per heavy atom. The average molecular weight is 365 g/mol. The fourth-order valence-electron chi connectivity index (χ4n) is 2.88. The van der Waals surface area contributed by atoms with Crippen LogP contribution in [-0.2, 0) is 10.0 Å². The first-order valence-electron chi connectivity index (χ1n) is 7.90. The van der Waals surface area contributed by atoms with Crippen LogP contribution in [0.4, 0.5) is 13.2 Å². The van der Waals surface area contributed by atoms with E-state index >= 15 is 0 Å². The molecule has 0 aliphatic carbocycles. The van der Waals surface area contributed by atoms with Gasteiger partial charge in [0.1, 0.15) is 5.75 Å². The summed E-state index contributed by atoms with van der Waals surface area (Å²) in [5.74, 6) is -0.188. The molecule has 1 aliphatic rings. The van der Waals surface area contributed by atoms with E-state index in [-0.39, 0.29) is 19.0 Å². The Labute approximate surface area is 140 Å². The summed E-state index contributed by atoms with van der Waals surface area (Å²) < 4.78 is 67.9. The van der Waals surface area contributed by atoms with Crippen LogP contribution in [0.1, 0.15) is 37.2 Å². The van der Waals surface area contributed by atoms with E-state index in [1.165, 1.54) is 4.31 Å². The van der Waals surface area contributed by atoms with Crippen molar-refractivity contribution in [3.63, 3.8) is 0 Å². The topological polar surface area (TPSA) is 46.6 Å². The van der Waals surface area contributed by atoms with Crippen molar-refractivity contribution in [2.75, 3.05) is 26.0 Å². The lowest BCUT2D eigenvalue weighted by atomic mass is 9.94. The lowest BCUT2D eigenvalue weighted by molar-refractivity contribution is -0.130. The van der Waals surface area contributed by atoms with Crippen LogP contribution in [0.2, 0.25) is 0 Å². The fourth-order valence-corrected chi connectivity index (χ4v) is 4.44. The Morgan fingerprint density at radius 2 is 1.88 bits per heavy atom. The number of benzene rings is 1. The van der Waals surface area contributed by atoms with E-state index in [1.54, 1.807) is 7.11 Å². The number of rotatable bonds is 5. The highest BCUT2D eigenvalue weighted by molar-refractivity contribution is 7.89. The molecule has 0 bridgehead atoms. The molecule has 136 valence electrons. The molecule has 1 aromatic carbocycles. The molecule has 0 saturated carbocycles. The van der Waals surface area contributed by atoms with Crippen LogP contribution in [0, 0.1) is 0 Å².